The second-order valence-electron chi connectivity index (χ2n) is 6.61. The van der Waals surface area contributed by atoms with Crippen molar-refractivity contribution < 1.29 is 9.59 Å². The highest BCUT2D eigenvalue weighted by Gasteiger charge is 2.47. The molecule has 2 bridgehead atoms. The van der Waals surface area contributed by atoms with E-state index in [1.165, 1.54) is 11.3 Å². The number of hydrogen-bond acceptors (Lipinski definition) is 4. The van der Waals surface area contributed by atoms with Gasteiger partial charge in [0.25, 0.3) is 11.8 Å². The number of aromatic nitrogens is 1. The fourth-order valence-electron chi connectivity index (χ4n) is 3.82. The summed E-state index contributed by atoms with van der Waals surface area (Å²) in [6, 6.07) is 7.52. The van der Waals surface area contributed by atoms with Crippen molar-refractivity contribution in [1.29, 1.82) is 0 Å². The Bertz CT molecular complexity index is 757. The molecular formula is C18H19N3O2S. The van der Waals surface area contributed by atoms with Crippen LogP contribution in [-0.2, 0) is 0 Å². The van der Waals surface area contributed by atoms with Gasteiger partial charge in [0.15, 0.2) is 0 Å². The predicted octanol–water partition coefficient (Wildman–Crippen LogP) is 2.48. The number of nitrogens with zero attached hydrogens (tertiary/aromatic N) is 2. The summed E-state index contributed by atoms with van der Waals surface area (Å²) < 4.78 is 0. The molecule has 0 aromatic carbocycles. The zero-order valence-corrected chi connectivity index (χ0v) is 14.3. The van der Waals surface area contributed by atoms with Gasteiger partial charge in [-0.05, 0) is 49.3 Å². The van der Waals surface area contributed by atoms with E-state index in [2.05, 4.69) is 10.3 Å². The molecule has 124 valence electrons. The second-order valence-corrected chi connectivity index (χ2v) is 7.56. The minimum Gasteiger partial charge on any atom is -0.347 e. The zero-order valence-electron chi connectivity index (χ0n) is 13.4. The number of carbonyl (C=O) groups excluding carboxylic acids is 2. The normalized spacial score (nSPS) is 25.0. The van der Waals surface area contributed by atoms with Crippen LogP contribution in [0.25, 0.3) is 0 Å². The van der Waals surface area contributed by atoms with E-state index in [1.807, 2.05) is 41.5 Å². The Balaban J connectivity index is 1.48. The lowest BCUT2D eigenvalue weighted by Crippen LogP contribution is -2.51. The molecule has 2 aromatic rings. The molecule has 24 heavy (non-hydrogen) atoms. The molecule has 3 atom stereocenters. The second kappa shape index (κ2) is 6.02. The molecule has 2 amide bonds. The number of hydrogen-bond donors (Lipinski definition) is 1. The van der Waals surface area contributed by atoms with Gasteiger partial charge in [0.05, 0.1) is 16.5 Å². The highest BCUT2D eigenvalue weighted by molar-refractivity contribution is 7.12. The lowest BCUT2D eigenvalue weighted by atomic mass is 10.0. The number of aryl methyl sites for hydroxylation is 1. The van der Waals surface area contributed by atoms with Crippen LogP contribution in [0.2, 0.25) is 0 Å². The first kappa shape index (κ1) is 15.3. The molecule has 2 fully saturated rings. The Morgan fingerprint density at radius 2 is 2.17 bits per heavy atom. The molecule has 6 heteroatoms. The number of carbonyl (C=O) groups is 2. The molecule has 1 N–H and O–H groups in total. The average molecular weight is 341 g/mol. The Kier molecular flexibility index (Phi) is 3.84. The third-order valence-corrected chi connectivity index (χ3v) is 5.83. The summed E-state index contributed by atoms with van der Waals surface area (Å²) in [5, 5.41) is 5.02. The van der Waals surface area contributed by atoms with Crippen LogP contribution in [0.3, 0.4) is 0 Å². The molecule has 0 spiro atoms. The molecule has 3 heterocycles. The summed E-state index contributed by atoms with van der Waals surface area (Å²) in [5.41, 5.74) is 1.52. The van der Waals surface area contributed by atoms with Crippen molar-refractivity contribution in [2.24, 2.45) is 5.92 Å². The monoisotopic (exact) mass is 341 g/mol. The molecule has 2 aliphatic rings. The van der Waals surface area contributed by atoms with Crippen LogP contribution in [0.1, 0.15) is 38.6 Å². The van der Waals surface area contributed by atoms with Crippen LogP contribution < -0.4 is 5.32 Å². The zero-order chi connectivity index (χ0) is 16.7. The van der Waals surface area contributed by atoms with Crippen molar-refractivity contribution in [3.8, 4) is 0 Å². The van der Waals surface area contributed by atoms with Crippen LogP contribution in [-0.4, -0.2) is 40.3 Å². The molecule has 1 saturated carbocycles. The van der Waals surface area contributed by atoms with Gasteiger partial charge >= 0.3 is 0 Å². The van der Waals surface area contributed by atoms with E-state index >= 15 is 0 Å². The van der Waals surface area contributed by atoms with E-state index in [9.17, 15) is 9.59 Å². The highest BCUT2D eigenvalue weighted by Crippen LogP contribution is 2.38. The smallest absolute Gasteiger partial charge is 0.261 e. The van der Waals surface area contributed by atoms with Gasteiger partial charge in [-0.1, -0.05) is 6.07 Å². The van der Waals surface area contributed by atoms with Gasteiger partial charge in [-0.2, -0.15) is 0 Å². The summed E-state index contributed by atoms with van der Waals surface area (Å²) in [6.07, 6.45) is 3.57. The SMILES string of the molecule is Cc1ccc(C(=O)N2CC3CC(NC(=O)c4cccs4)C2C3)cn1. The largest absolute Gasteiger partial charge is 0.347 e. The van der Waals surface area contributed by atoms with E-state index in [0.717, 1.165) is 30.0 Å². The van der Waals surface area contributed by atoms with Crippen LogP contribution in [0.4, 0.5) is 0 Å². The van der Waals surface area contributed by atoms with Gasteiger partial charge in [-0.15, -0.1) is 11.3 Å². The van der Waals surface area contributed by atoms with Crippen molar-refractivity contribution >= 4 is 23.2 Å². The van der Waals surface area contributed by atoms with Gasteiger partial charge in [0.2, 0.25) is 0 Å². The maximum atomic E-state index is 12.8. The predicted molar refractivity (Wildman–Crippen MR) is 92.1 cm³/mol. The first-order chi connectivity index (χ1) is 11.6. The number of likely N-dealkylation sites (tertiary alicyclic amines) is 1. The van der Waals surface area contributed by atoms with Gasteiger partial charge in [0, 0.05) is 24.5 Å². The number of amides is 2. The van der Waals surface area contributed by atoms with Gasteiger partial charge < -0.3 is 10.2 Å². The minimum absolute atomic E-state index is 0.0186. The molecule has 5 nitrogen and oxygen atoms in total. The fourth-order valence-corrected chi connectivity index (χ4v) is 4.45. The third kappa shape index (κ3) is 2.71. The number of fused-ring (bicyclic) bond motifs is 2. The molecule has 1 saturated heterocycles. The van der Waals surface area contributed by atoms with Crippen LogP contribution in [0, 0.1) is 12.8 Å². The van der Waals surface area contributed by atoms with Crippen LogP contribution in [0.15, 0.2) is 35.8 Å². The maximum absolute atomic E-state index is 12.8. The van der Waals surface area contributed by atoms with E-state index in [1.54, 1.807) is 6.20 Å². The van der Waals surface area contributed by atoms with Gasteiger partial charge in [-0.25, -0.2) is 0 Å². The number of rotatable bonds is 3. The van der Waals surface area contributed by atoms with Gasteiger partial charge in [-0.3, -0.25) is 14.6 Å². The summed E-state index contributed by atoms with van der Waals surface area (Å²) in [7, 11) is 0. The lowest BCUT2D eigenvalue weighted by Gasteiger charge is -2.33. The fraction of sp³-hybridized carbons (Fsp3) is 0.389. The number of nitrogens with one attached hydrogen (secondary N) is 1. The van der Waals surface area contributed by atoms with Crippen molar-refractivity contribution in [3.63, 3.8) is 0 Å². The topological polar surface area (TPSA) is 62.3 Å². The quantitative estimate of drug-likeness (QED) is 0.933. The lowest BCUT2D eigenvalue weighted by molar-refractivity contribution is 0.0648. The first-order valence-electron chi connectivity index (χ1n) is 8.20. The van der Waals surface area contributed by atoms with E-state index < -0.39 is 0 Å². The summed E-state index contributed by atoms with van der Waals surface area (Å²) in [4.78, 5) is 31.9. The minimum atomic E-state index is -0.0352. The van der Waals surface area contributed by atoms with E-state index in [-0.39, 0.29) is 23.9 Å². The molecule has 3 unspecified atom stereocenters. The number of pyridine rings is 1. The molecule has 1 aliphatic carbocycles. The summed E-state index contributed by atoms with van der Waals surface area (Å²) in [5.74, 6) is 0.461. The molecule has 2 aromatic heterocycles. The highest BCUT2D eigenvalue weighted by atomic mass is 32.1. The standard InChI is InChI=1S/C18H19N3O2S/c1-11-4-5-13(9-19-11)18(23)21-10-12-7-14(15(21)8-12)20-17(22)16-3-2-6-24-16/h2-6,9,12,14-15H,7-8,10H2,1H3,(H,20,22). The number of thiophene rings is 1. The van der Waals surface area contributed by atoms with Crippen molar-refractivity contribution in [1.82, 2.24) is 15.2 Å². The van der Waals surface area contributed by atoms with Crippen molar-refractivity contribution in [3.05, 3.63) is 52.0 Å². The Morgan fingerprint density at radius 1 is 1.29 bits per heavy atom. The van der Waals surface area contributed by atoms with E-state index in [0.29, 0.717) is 11.5 Å². The Labute approximate surface area is 144 Å². The number of piperidine rings is 1. The first-order valence-corrected chi connectivity index (χ1v) is 9.08. The maximum Gasteiger partial charge on any atom is 0.261 e. The Morgan fingerprint density at radius 3 is 2.83 bits per heavy atom. The molecule has 4 rings (SSSR count). The van der Waals surface area contributed by atoms with Crippen LogP contribution >= 0.6 is 11.3 Å². The van der Waals surface area contributed by atoms with Crippen LogP contribution in [0.5, 0.6) is 0 Å². The summed E-state index contributed by atoms with van der Waals surface area (Å²) in [6.45, 7) is 2.69. The van der Waals surface area contributed by atoms with Crippen molar-refractivity contribution in [2.45, 2.75) is 31.8 Å². The Hall–Kier alpha value is -2.21. The third-order valence-electron chi connectivity index (χ3n) is 4.96. The summed E-state index contributed by atoms with van der Waals surface area (Å²) >= 11 is 1.44. The van der Waals surface area contributed by atoms with E-state index in [4.69, 9.17) is 0 Å². The average Bonchev–Trinajstić information content (AvgIpc) is 3.31. The van der Waals surface area contributed by atoms with Gasteiger partial charge in [0.1, 0.15) is 0 Å². The molecular weight excluding hydrogens is 322 g/mol. The molecule has 1 aliphatic heterocycles. The molecule has 0 radical (unpaired) electrons. The van der Waals surface area contributed by atoms with Crippen molar-refractivity contribution in [2.75, 3.05) is 6.54 Å².